The van der Waals surface area contributed by atoms with Crippen LogP contribution in [0.4, 0.5) is 0 Å². The smallest absolute Gasteiger partial charge is 0.240 e. The summed E-state index contributed by atoms with van der Waals surface area (Å²) in [5.74, 6) is 1.72. The van der Waals surface area contributed by atoms with Crippen LogP contribution in [-0.4, -0.2) is 23.2 Å². The molecule has 6 nitrogen and oxygen atoms in total. The number of nitrogens with one attached hydrogen (secondary N) is 2. The molecule has 0 spiro atoms. The number of rotatable bonds is 14. The Bertz CT molecular complexity index is 477. The molecule has 0 unspecified atom stereocenters. The highest BCUT2D eigenvalue weighted by atomic mass is 16.2. The van der Waals surface area contributed by atoms with Gasteiger partial charge in [-0.15, -0.1) is 0 Å². The SMILES string of the molecule is CC(C)CC(CC(C)C)=NNC(=O)CCCC(=O)NN=C(CC(C)C)CC(C)C. The van der Waals surface area contributed by atoms with E-state index in [1.165, 1.54) is 0 Å². The second kappa shape index (κ2) is 15.2. The number of nitrogens with zero attached hydrogens (tertiary/aromatic N) is 2. The van der Waals surface area contributed by atoms with Crippen LogP contribution in [0.5, 0.6) is 0 Å². The minimum Gasteiger partial charge on any atom is -0.273 e. The number of carbonyl (C=O) groups excluding carboxylic acids is 2. The average molecular weight is 409 g/mol. The largest absolute Gasteiger partial charge is 0.273 e. The van der Waals surface area contributed by atoms with E-state index in [9.17, 15) is 9.59 Å². The number of hydrogen-bond acceptors (Lipinski definition) is 4. The summed E-state index contributed by atoms with van der Waals surface area (Å²) >= 11 is 0. The van der Waals surface area contributed by atoms with E-state index in [4.69, 9.17) is 0 Å². The third-order valence-electron chi connectivity index (χ3n) is 4.06. The zero-order valence-electron chi connectivity index (χ0n) is 20.0. The molecule has 0 aromatic rings. The summed E-state index contributed by atoms with van der Waals surface area (Å²) in [7, 11) is 0. The molecule has 0 aromatic heterocycles. The van der Waals surface area contributed by atoms with Crippen LogP contribution in [0.2, 0.25) is 0 Å². The summed E-state index contributed by atoms with van der Waals surface area (Å²) in [5.41, 5.74) is 7.35. The molecule has 0 radical (unpaired) electrons. The summed E-state index contributed by atoms with van der Waals surface area (Å²) in [5, 5.41) is 8.62. The Balaban J connectivity index is 4.41. The Morgan fingerprint density at radius 3 is 1.10 bits per heavy atom. The molecule has 0 heterocycles. The van der Waals surface area contributed by atoms with Gasteiger partial charge in [-0.05, 0) is 55.8 Å². The number of hydrazone groups is 2. The molecule has 0 aliphatic rings. The van der Waals surface area contributed by atoms with Crippen LogP contribution in [0.1, 0.15) is 100 Å². The minimum atomic E-state index is -0.147. The van der Waals surface area contributed by atoms with Crippen molar-refractivity contribution >= 4 is 23.2 Å². The maximum atomic E-state index is 12.0. The summed E-state index contributed by atoms with van der Waals surface area (Å²) in [6, 6.07) is 0. The van der Waals surface area contributed by atoms with Crippen LogP contribution >= 0.6 is 0 Å². The Labute approximate surface area is 178 Å². The molecule has 29 heavy (non-hydrogen) atoms. The van der Waals surface area contributed by atoms with Gasteiger partial charge in [-0.1, -0.05) is 55.4 Å². The van der Waals surface area contributed by atoms with Crippen molar-refractivity contribution < 1.29 is 9.59 Å². The summed E-state index contributed by atoms with van der Waals surface area (Å²) in [4.78, 5) is 24.1. The first kappa shape index (κ1) is 27.3. The van der Waals surface area contributed by atoms with Crippen molar-refractivity contribution in [2.75, 3.05) is 0 Å². The van der Waals surface area contributed by atoms with E-state index in [2.05, 4.69) is 76.4 Å². The van der Waals surface area contributed by atoms with E-state index in [0.717, 1.165) is 37.1 Å². The van der Waals surface area contributed by atoms with Crippen LogP contribution < -0.4 is 10.9 Å². The van der Waals surface area contributed by atoms with Gasteiger partial charge in [0, 0.05) is 24.3 Å². The van der Waals surface area contributed by atoms with Gasteiger partial charge in [0.1, 0.15) is 0 Å². The topological polar surface area (TPSA) is 82.9 Å². The maximum absolute atomic E-state index is 12.0. The summed E-state index contributed by atoms with van der Waals surface area (Å²) in [6.45, 7) is 17.2. The van der Waals surface area contributed by atoms with Gasteiger partial charge in [-0.25, -0.2) is 10.9 Å². The zero-order chi connectivity index (χ0) is 22.4. The van der Waals surface area contributed by atoms with Gasteiger partial charge in [0.15, 0.2) is 0 Å². The number of hydrogen-bond donors (Lipinski definition) is 2. The van der Waals surface area contributed by atoms with Crippen LogP contribution in [0.3, 0.4) is 0 Å². The Kier molecular flexibility index (Phi) is 14.3. The molecule has 0 saturated carbocycles. The van der Waals surface area contributed by atoms with Crippen LogP contribution in [0.25, 0.3) is 0 Å². The number of carbonyl (C=O) groups is 2. The van der Waals surface area contributed by atoms with E-state index in [0.29, 0.717) is 30.1 Å². The minimum absolute atomic E-state index is 0.147. The monoisotopic (exact) mass is 408 g/mol. The highest BCUT2D eigenvalue weighted by Gasteiger charge is 2.10. The molecule has 0 aromatic carbocycles. The molecule has 2 amide bonds. The second-order valence-corrected chi connectivity index (χ2v) is 9.67. The molecule has 0 rings (SSSR count). The van der Waals surface area contributed by atoms with Crippen LogP contribution in [-0.2, 0) is 9.59 Å². The van der Waals surface area contributed by atoms with E-state index >= 15 is 0 Å². The van der Waals surface area contributed by atoms with Crippen molar-refractivity contribution in [3.8, 4) is 0 Å². The van der Waals surface area contributed by atoms with Crippen molar-refractivity contribution in [2.45, 2.75) is 100 Å². The fourth-order valence-electron chi connectivity index (χ4n) is 3.04. The second-order valence-electron chi connectivity index (χ2n) is 9.67. The standard InChI is InChI=1S/C23H44N4O2/c1-16(2)12-20(13-17(3)4)24-26-22(28)10-9-11-23(29)27-25-21(14-18(5)6)15-19(7)8/h16-19H,9-15H2,1-8H3,(H,26,28)(H,27,29). The Morgan fingerprint density at radius 2 is 0.862 bits per heavy atom. The molecule has 168 valence electrons. The van der Waals surface area contributed by atoms with E-state index < -0.39 is 0 Å². The third-order valence-corrected chi connectivity index (χ3v) is 4.06. The molecule has 0 atom stereocenters. The molecular weight excluding hydrogens is 364 g/mol. The third kappa shape index (κ3) is 16.9. The summed E-state index contributed by atoms with van der Waals surface area (Å²) in [6.07, 6.45) is 4.57. The van der Waals surface area contributed by atoms with Crippen molar-refractivity contribution in [3.63, 3.8) is 0 Å². The predicted molar refractivity (Wildman–Crippen MR) is 123 cm³/mol. The molecule has 0 aliphatic heterocycles. The lowest BCUT2D eigenvalue weighted by Gasteiger charge is -2.12. The van der Waals surface area contributed by atoms with Gasteiger partial charge in [0.25, 0.3) is 0 Å². The van der Waals surface area contributed by atoms with Gasteiger partial charge in [-0.3, -0.25) is 9.59 Å². The first-order valence-corrected chi connectivity index (χ1v) is 11.2. The fraction of sp³-hybridized carbons (Fsp3) is 0.826. The summed E-state index contributed by atoms with van der Waals surface area (Å²) < 4.78 is 0. The van der Waals surface area contributed by atoms with Crippen molar-refractivity contribution in [1.29, 1.82) is 0 Å². The first-order valence-electron chi connectivity index (χ1n) is 11.2. The predicted octanol–water partition coefficient (Wildman–Crippen LogP) is 5.29. The van der Waals surface area contributed by atoms with Gasteiger partial charge in [0.05, 0.1) is 0 Å². The Hall–Kier alpha value is -1.72. The van der Waals surface area contributed by atoms with Gasteiger partial charge >= 0.3 is 0 Å². The lowest BCUT2D eigenvalue weighted by Crippen LogP contribution is -2.23. The van der Waals surface area contributed by atoms with E-state index in [1.54, 1.807) is 0 Å². The van der Waals surface area contributed by atoms with Crippen molar-refractivity contribution in [2.24, 2.45) is 33.9 Å². The molecular formula is C23H44N4O2. The molecule has 6 heteroatoms. The number of amides is 2. The molecule has 0 aliphatic carbocycles. The molecule has 2 N–H and O–H groups in total. The van der Waals surface area contributed by atoms with Crippen LogP contribution in [0, 0.1) is 23.7 Å². The zero-order valence-corrected chi connectivity index (χ0v) is 20.0. The Morgan fingerprint density at radius 1 is 0.586 bits per heavy atom. The quantitative estimate of drug-likeness (QED) is 0.302. The van der Waals surface area contributed by atoms with Gasteiger partial charge in [0.2, 0.25) is 11.8 Å². The molecule has 0 saturated heterocycles. The molecule has 0 fully saturated rings. The van der Waals surface area contributed by atoms with E-state index in [1.807, 2.05) is 0 Å². The highest BCUT2D eigenvalue weighted by molar-refractivity contribution is 5.87. The van der Waals surface area contributed by atoms with Crippen molar-refractivity contribution in [3.05, 3.63) is 0 Å². The fourth-order valence-corrected chi connectivity index (χ4v) is 3.04. The van der Waals surface area contributed by atoms with Gasteiger partial charge < -0.3 is 0 Å². The lowest BCUT2D eigenvalue weighted by atomic mass is 9.99. The van der Waals surface area contributed by atoms with Crippen LogP contribution in [0.15, 0.2) is 10.2 Å². The highest BCUT2D eigenvalue weighted by Crippen LogP contribution is 2.11. The maximum Gasteiger partial charge on any atom is 0.240 e. The normalized spacial score (nSPS) is 11.2. The average Bonchev–Trinajstić information content (AvgIpc) is 2.55. The lowest BCUT2D eigenvalue weighted by molar-refractivity contribution is -0.122. The van der Waals surface area contributed by atoms with E-state index in [-0.39, 0.29) is 24.7 Å². The van der Waals surface area contributed by atoms with Gasteiger partial charge in [-0.2, -0.15) is 10.2 Å². The molecule has 0 bridgehead atoms. The first-order chi connectivity index (χ1) is 13.5. The van der Waals surface area contributed by atoms with Crippen molar-refractivity contribution in [1.82, 2.24) is 10.9 Å².